The second-order valence-corrected chi connectivity index (χ2v) is 30.9. The minimum absolute atomic E-state index is 0. The molecule has 0 N–H and O–H groups in total. The number of halogens is 2. The Bertz CT molecular complexity index is 1480. The minimum Gasteiger partial charge on any atom is -0.147 e. The van der Waals surface area contributed by atoms with E-state index in [-0.39, 0.29) is 24.8 Å². The van der Waals surface area contributed by atoms with E-state index in [1.807, 2.05) is 0 Å². The first-order chi connectivity index (χ1) is 16.1. The van der Waals surface area contributed by atoms with Gasteiger partial charge >= 0.3 is 200 Å². The van der Waals surface area contributed by atoms with Crippen molar-refractivity contribution in [1.29, 1.82) is 0 Å². The molecule has 4 heteroatoms. The van der Waals surface area contributed by atoms with Crippen LogP contribution in [0.25, 0.3) is 11.1 Å². The molecule has 0 saturated heterocycles. The zero-order valence-corrected chi connectivity index (χ0v) is 25.4. The molecule has 35 heavy (non-hydrogen) atoms. The zero-order valence-electron chi connectivity index (χ0n) is 19.9. The summed E-state index contributed by atoms with van der Waals surface area (Å²) >= 11 is -4.18. The van der Waals surface area contributed by atoms with Gasteiger partial charge in [0.25, 0.3) is 0 Å². The Morgan fingerprint density at radius 3 is 1.91 bits per heavy atom. The predicted molar refractivity (Wildman–Crippen MR) is 156 cm³/mol. The van der Waals surface area contributed by atoms with Crippen LogP contribution in [0.4, 0.5) is 0 Å². The number of aryl methyl sites for hydroxylation is 1. The Morgan fingerprint density at radius 1 is 0.714 bits per heavy atom. The van der Waals surface area contributed by atoms with Gasteiger partial charge in [-0.3, -0.25) is 0 Å². The van der Waals surface area contributed by atoms with E-state index < -0.39 is 17.4 Å². The number of fused-ring (bicyclic) bond motifs is 3. The molecule has 0 radical (unpaired) electrons. The summed E-state index contributed by atoms with van der Waals surface area (Å²) in [6.45, 7) is 4.66. The van der Waals surface area contributed by atoms with Crippen LogP contribution < -0.4 is 9.81 Å². The minimum atomic E-state index is -4.18. The standard InChI is InChI=1S/C14H11.2C6H5.C5H5.2ClH.H2Si.Zr/c1-10-5-4-7-12-9-11-6-2-3-8-13(11)14(10)12;2*1-2-4-6-5-3-1;1-2-4-5-3-1;;;;/h2-6,8H,9H2,1H3;2*1-5H;1-3H,4H2;2*1H;1H2;. The number of hydrogen-bond acceptors (Lipinski definition) is 0. The van der Waals surface area contributed by atoms with Crippen LogP contribution >= 0.6 is 24.8 Å². The molecule has 0 amide bonds. The molecule has 6 rings (SSSR count). The summed E-state index contributed by atoms with van der Waals surface area (Å²) in [5.41, 5.74) is 7.34. The van der Waals surface area contributed by atoms with Gasteiger partial charge in [-0.05, 0) is 0 Å². The molecular weight excluding hydrogens is 563 g/mol. The topological polar surface area (TPSA) is 0 Å². The first-order valence-electron chi connectivity index (χ1n) is 11.8. The Morgan fingerprint density at radius 2 is 1.31 bits per heavy atom. The van der Waals surface area contributed by atoms with Gasteiger partial charge in [-0.15, -0.1) is 24.8 Å². The van der Waals surface area contributed by atoms with E-state index in [0.29, 0.717) is 0 Å². The third-order valence-electron chi connectivity index (χ3n) is 8.07. The second-order valence-electron chi connectivity index (χ2n) is 9.63. The van der Waals surface area contributed by atoms with Crippen molar-refractivity contribution in [1.82, 2.24) is 0 Å². The molecule has 4 aromatic rings. The molecule has 4 aromatic carbocycles. The Hall–Kier alpha value is -1.96. The quantitative estimate of drug-likeness (QED) is 0.233. The molecule has 2 aliphatic carbocycles. The van der Waals surface area contributed by atoms with Gasteiger partial charge in [-0.2, -0.15) is 0 Å². The van der Waals surface area contributed by atoms with Gasteiger partial charge in [0.05, 0.1) is 0 Å². The molecule has 0 aliphatic heterocycles. The van der Waals surface area contributed by atoms with Crippen LogP contribution in [0.15, 0.2) is 119 Å². The molecule has 0 bridgehead atoms. The number of benzene rings is 4. The largest absolute Gasteiger partial charge is 0.147 e. The van der Waals surface area contributed by atoms with E-state index >= 15 is 0 Å². The van der Waals surface area contributed by atoms with Crippen molar-refractivity contribution >= 4 is 41.5 Å². The van der Waals surface area contributed by atoms with Gasteiger partial charge in [0, 0.05) is 0 Å². The SMILES string of the molecule is Cc1cc[c]([Zr](=[SiH2])([C]2=CC=CC2)([c]2ccccc2)[c]2ccccc2)c2c1-c1ccccc1C2.Cl.Cl. The molecule has 2 aliphatic rings. The van der Waals surface area contributed by atoms with Crippen molar-refractivity contribution in [3.63, 3.8) is 0 Å². The van der Waals surface area contributed by atoms with Crippen LogP contribution in [-0.2, 0) is 23.8 Å². The van der Waals surface area contributed by atoms with Gasteiger partial charge in [0.1, 0.15) is 0 Å². The van der Waals surface area contributed by atoms with Gasteiger partial charge in [-0.1, -0.05) is 0 Å². The molecule has 0 unspecified atom stereocenters. The fraction of sp³-hybridized carbons (Fsp3) is 0.0968. The van der Waals surface area contributed by atoms with Crippen LogP contribution in [-0.4, -0.2) is 6.88 Å². The summed E-state index contributed by atoms with van der Waals surface area (Å²) in [5.74, 6) is 0. The van der Waals surface area contributed by atoms with E-state index in [0.717, 1.165) is 12.8 Å². The van der Waals surface area contributed by atoms with Crippen LogP contribution in [0.2, 0.25) is 0 Å². The summed E-state index contributed by atoms with van der Waals surface area (Å²) in [6.07, 6.45) is 9.17. The Labute approximate surface area is 223 Å². The van der Waals surface area contributed by atoms with Gasteiger partial charge < -0.3 is 0 Å². The van der Waals surface area contributed by atoms with Crippen molar-refractivity contribution in [3.8, 4) is 11.1 Å². The second kappa shape index (κ2) is 9.83. The molecule has 176 valence electrons. The number of hydrogen-bond donors (Lipinski definition) is 0. The summed E-state index contributed by atoms with van der Waals surface area (Å²) in [7, 11) is 0. The number of rotatable bonds is 4. The summed E-state index contributed by atoms with van der Waals surface area (Å²) < 4.78 is 6.36. The average Bonchev–Trinajstić information content (AvgIpc) is 3.54. The van der Waals surface area contributed by atoms with Gasteiger partial charge in [-0.25, -0.2) is 0 Å². The normalized spacial score (nSPS) is 13.8. The van der Waals surface area contributed by atoms with Crippen LogP contribution in [0.5, 0.6) is 0 Å². The van der Waals surface area contributed by atoms with Crippen molar-refractivity contribution in [3.05, 3.63) is 135 Å². The fourth-order valence-electron chi connectivity index (χ4n) is 6.44. The molecule has 0 nitrogen and oxygen atoms in total. The maximum absolute atomic E-state index is 4.18. The first-order valence-corrected chi connectivity index (χ1v) is 22.7. The molecular formula is C31H30Cl2SiZr. The predicted octanol–water partition coefficient (Wildman–Crippen LogP) is 5.77. The van der Waals surface area contributed by atoms with E-state index in [2.05, 4.69) is 129 Å². The molecule has 0 fully saturated rings. The molecule has 0 aromatic heterocycles. The third kappa shape index (κ3) is 3.65. The first kappa shape index (κ1) is 26.1. The van der Waals surface area contributed by atoms with Crippen molar-refractivity contribution in [2.45, 2.75) is 19.8 Å². The van der Waals surface area contributed by atoms with Crippen molar-refractivity contribution < 1.29 is 17.4 Å². The van der Waals surface area contributed by atoms with Crippen LogP contribution in [0.1, 0.15) is 23.1 Å². The Kier molecular flexibility index (Phi) is 7.33. The maximum Gasteiger partial charge on any atom is -0.147 e. The van der Waals surface area contributed by atoms with Crippen molar-refractivity contribution in [2.24, 2.45) is 0 Å². The van der Waals surface area contributed by atoms with Crippen LogP contribution in [0.3, 0.4) is 0 Å². The van der Waals surface area contributed by atoms with E-state index in [1.165, 1.54) is 22.3 Å². The zero-order chi connectivity index (χ0) is 22.5. The summed E-state index contributed by atoms with van der Waals surface area (Å²) in [5, 5.41) is 0. The Balaban J connectivity index is 0.00000144. The van der Waals surface area contributed by atoms with E-state index in [1.54, 1.807) is 18.7 Å². The maximum atomic E-state index is 2.51. The average molecular weight is 593 g/mol. The third-order valence-corrected chi connectivity index (χ3v) is 34.2. The molecule has 0 saturated carbocycles. The molecule has 0 atom stereocenters. The summed E-state index contributed by atoms with van der Waals surface area (Å²) in [4.78, 5) is 0. The molecule has 0 spiro atoms. The monoisotopic (exact) mass is 590 g/mol. The smallest absolute Gasteiger partial charge is 0.147 e. The van der Waals surface area contributed by atoms with Gasteiger partial charge in [0.2, 0.25) is 0 Å². The van der Waals surface area contributed by atoms with E-state index in [9.17, 15) is 0 Å². The van der Waals surface area contributed by atoms with Crippen molar-refractivity contribution in [2.75, 3.05) is 0 Å². The molecule has 0 heterocycles. The fourth-order valence-corrected chi connectivity index (χ4v) is 28.1. The summed E-state index contributed by atoms with van der Waals surface area (Å²) in [6, 6.07) is 36.9. The number of allylic oxidation sites excluding steroid dienone is 4. The van der Waals surface area contributed by atoms with Gasteiger partial charge in [0.15, 0.2) is 0 Å². The van der Waals surface area contributed by atoms with Crippen LogP contribution in [0, 0.1) is 6.92 Å². The van der Waals surface area contributed by atoms with E-state index in [4.69, 9.17) is 0 Å².